The minimum Gasteiger partial charge on any atom is -0.333 e. The molecular weight excluding hydrogens is 342 g/mol. The lowest BCUT2D eigenvalue weighted by atomic mass is 10.1. The molecular formula is C16H18N5O5. The molecule has 1 unspecified atom stereocenters. The maximum Gasteiger partial charge on any atom is 0.325 e. The van der Waals surface area contributed by atoms with E-state index in [1.807, 2.05) is 5.43 Å². The number of likely N-dealkylation sites (N-methyl/N-ethyl adjacent to an activating group) is 1. The van der Waals surface area contributed by atoms with Gasteiger partial charge in [0.25, 0.3) is 5.91 Å². The van der Waals surface area contributed by atoms with Gasteiger partial charge in [-0.1, -0.05) is 30.3 Å². The number of benzene rings is 1. The zero-order valence-electron chi connectivity index (χ0n) is 14.0. The number of carbonyl (C=O) groups is 5. The van der Waals surface area contributed by atoms with Crippen LogP contribution in [0.3, 0.4) is 0 Å². The highest BCUT2D eigenvalue weighted by Gasteiger charge is 2.37. The lowest BCUT2D eigenvalue weighted by Gasteiger charge is -2.32. The molecule has 1 aliphatic heterocycles. The van der Waals surface area contributed by atoms with Crippen LogP contribution in [-0.2, 0) is 19.2 Å². The van der Waals surface area contributed by atoms with Crippen molar-refractivity contribution in [3.8, 4) is 0 Å². The van der Waals surface area contributed by atoms with Crippen LogP contribution >= 0.6 is 0 Å². The van der Waals surface area contributed by atoms with Gasteiger partial charge in [-0.2, -0.15) is 0 Å². The lowest BCUT2D eigenvalue weighted by Crippen LogP contribution is -2.59. The van der Waals surface area contributed by atoms with Gasteiger partial charge in [0, 0.05) is 19.6 Å². The Morgan fingerprint density at radius 1 is 1.19 bits per heavy atom. The van der Waals surface area contributed by atoms with Gasteiger partial charge in [-0.05, 0) is 12.5 Å². The summed E-state index contributed by atoms with van der Waals surface area (Å²) in [6, 6.07) is 6.15. The number of hydrogen-bond donors (Lipinski definition) is 2. The molecule has 1 aromatic rings. The van der Waals surface area contributed by atoms with E-state index in [1.165, 1.54) is 4.90 Å². The minimum absolute atomic E-state index is 0.0199. The number of piperazine rings is 1. The predicted molar refractivity (Wildman–Crippen MR) is 88.0 cm³/mol. The Morgan fingerprint density at radius 3 is 2.50 bits per heavy atom. The van der Waals surface area contributed by atoms with Gasteiger partial charge in [0.2, 0.25) is 6.41 Å². The smallest absolute Gasteiger partial charge is 0.325 e. The maximum atomic E-state index is 12.5. The molecule has 1 saturated heterocycles. The average molecular weight is 360 g/mol. The summed E-state index contributed by atoms with van der Waals surface area (Å²) in [5.41, 5.74) is 5.53. The fourth-order valence-corrected chi connectivity index (χ4v) is 2.47. The summed E-state index contributed by atoms with van der Waals surface area (Å²) in [7, 11) is 0. The monoisotopic (exact) mass is 360 g/mol. The van der Waals surface area contributed by atoms with Crippen LogP contribution in [-0.4, -0.2) is 59.6 Å². The van der Waals surface area contributed by atoms with E-state index in [2.05, 4.69) is 10.7 Å². The number of imide groups is 1. The summed E-state index contributed by atoms with van der Waals surface area (Å²) in [6.07, 6.45) is 0.147. The normalized spacial score (nSPS) is 15.3. The van der Waals surface area contributed by atoms with E-state index in [0.29, 0.717) is 12.1 Å². The van der Waals surface area contributed by atoms with Crippen LogP contribution in [0.5, 0.6) is 0 Å². The molecule has 1 aromatic carbocycles. The van der Waals surface area contributed by atoms with Crippen LogP contribution in [0.25, 0.3) is 0 Å². The fraction of sp³-hybridized carbons (Fsp3) is 0.312. The second kappa shape index (κ2) is 8.60. The fourth-order valence-electron chi connectivity index (χ4n) is 2.47. The van der Waals surface area contributed by atoms with E-state index in [4.69, 9.17) is 0 Å². The molecule has 137 valence electrons. The molecule has 10 nitrogen and oxygen atoms in total. The Labute approximate surface area is 149 Å². The Hall–Kier alpha value is -3.43. The average Bonchev–Trinajstić information content (AvgIpc) is 2.66. The van der Waals surface area contributed by atoms with Crippen LogP contribution in [0, 0.1) is 0 Å². The van der Waals surface area contributed by atoms with Gasteiger partial charge in [-0.15, -0.1) is 5.43 Å². The molecule has 6 amide bonds. The quantitative estimate of drug-likeness (QED) is 0.379. The number of urea groups is 1. The molecule has 2 N–H and O–H groups in total. The topological polar surface area (TPSA) is 130 Å². The lowest BCUT2D eigenvalue weighted by molar-refractivity contribution is -0.153. The molecule has 1 heterocycles. The van der Waals surface area contributed by atoms with E-state index in [-0.39, 0.29) is 19.5 Å². The second-order valence-electron chi connectivity index (χ2n) is 5.35. The summed E-state index contributed by atoms with van der Waals surface area (Å²) >= 11 is 0. The Morgan fingerprint density at radius 2 is 1.88 bits per heavy atom. The van der Waals surface area contributed by atoms with Crippen LogP contribution in [0.2, 0.25) is 0 Å². The third-order valence-corrected chi connectivity index (χ3v) is 3.83. The molecule has 0 aliphatic carbocycles. The first-order valence-electron chi connectivity index (χ1n) is 7.89. The minimum atomic E-state index is -1.19. The first-order chi connectivity index (χ1) is 12.5. The number of nitrogens with zero attached hydrogens (tertiary/aromatic N) is 3. The highest BCUT2D eigenvalue weighted by atomic mass is 16.2. The largest absolute Gasteiger partial charge is 0.333 e. The molecule has 2 rings (SSSR count). The van der Waals surface area contributed by atoms with Crippen molar-refractivity contribution in [2.45, 2.75) is 13.0 Å². The van der Waals surface area contributed by atoms with Gasteiger partial charge < -0.3 is 10.2 Å². The third kappa shape index (κ3) is 4.15. The van der Waals surface area contributed by atoms with Gasteiger partial charge in [-0.3, -0.25) is 24.1 Å². The van der Waals surface area contributed by atoms with Crippen LogP contribution in [0.1, 0.15) is 18.5 Å². The number of amides is 6. The first-order valence-corrected chi connectivity index (χ1v) is 7.89. The van der Waals surface area contributed by atoms with Crippen molar-refractivity contribution in [1.29, 1.82) is 0 Å². The highest BCUT2D eigenvalue weighted by molar-refractivity contribution is 6.38. The van der Waals surface area contributed by atoms with Gasteiger partial charge in [0.15, 0.2) is 0 Å². The number of carbonyl (C=O) groups excluding carboxylic acids is 5. The second-order valence-corrected chi connectivity index (χ2v) is 5.35. The van der Waals surface area contributed by atoms with Gasteiger partial charge in [0.05, 0.1) is 0 Å². The molecule has 1 atom stereocenters. The summed E-state index contributed by atoms with van der Waals surface area (Å²) < 4.78 is 0. The van der Waals surface area contributed by atoms with Crippen molar-refractivity contribution in [1.82, 2.24) is 26.0 Å². The van der Waals surface area contributed by atoms with Crippen LogP contribution in [0.15, 0.2) is 30.3 Å². The molecule has 0 saturated carbocycles. The predicted octanol–water partition coefficient (Wildman–Crippen LogP) is -1.08. The molecule has 1 fully saturated rings. The number of hydrogen-bond acceptors (Lipinski definition) is 5. The zero-order valence-corrected chi connectivity index (χ0v) is 14.0. The molecule has 1 aliphatic rings. The van der Waals surface area contributed by atoms with Crippen molar-refractivity contribution in [2.24, 2.45) is 0 Å². The first kappa shape index (κ1) is 18.9. The molecule has 0 spiro atoms. The van der Waals surface area contributed by atoms with E-state index >= 15 is 0 Å². The standard InChI is InChI=1S/C16H18N5O5/c1-2-20-8-9-21(15(25)14(20)24)16(26)18-12(13(23)19-17-10-22)11-6-4-3-5-7-11/h3-7,10,12H,2,8-9H2,1H3,(H,18,26)(H,19,23). The Kier molecular flexibility index (Phi) is 6.25. The maximum absolute atomic E-state index is 12.5. The molecule has 1 radical (unpaired) electrons. The molecule has 0 aromatic heterocycles. The van der Waals surface area contributed by atoms with E-state index in [9.17, 15) is 24.0 Å². The van der Waals surface area contributed by atoms with Crippen molar-refractivity contribution < 1.29 is 24.0 Å². The van der Waals surface area contributed by atoms with Crippen molar-refractivity contribution in [3.05, 3.63) is 35.9 Å². The van der Waals surface area contributed by atoms with E-state index in [1.54, 1.807) is 37.3 Å². The van der Waals surface area contributed by atoms with Crippen molar-refractivity contribution in [3.63, 3.8) is 0 Å². The van der Waals surface area contributed by atoms with Gasteiger partial charge >= 0.3 is 17.8 Å². The van der Waals surface area contributed by atoms with Crippen molar-refractivity contribution in [2.75, 3.05) is 19.6 Å². The van der Waals surface area contributed by atoms with Gasteiger partial charge in [-0.25, -0.2) is 10.2 Å². The SMILES string of the molecule is CCN1CCN(C(=O)NC(C(=O)N[N]C=O)c2ccccc2)C(=O)C1=O. The summed E-state index contributed by atoms with van der Waals surface area (Å²) in [5, 5.41) is 2.40. The van der Waals surface area contributed by atoms with E-state index in [0.717, 1.165) is 4.90 Å². The zero-order chi connectivity index (χ0) is 19.1. The molecule has 0 bridgehead atoms. The number of rotatable bonds is 6. The molecule has 26 heavy (non-hydrogen) atoms. The third-order valence-electron chi connectivity index (χ3n) is 3.83. The van der Waals surface area contributed by atoms with Crippen LogP contribution in [0.4, 0.5) is 4.79 Å². The summed E-state index contributed by atoms with van der Waals surface area (Å²) in [4.78, 5) is 61.1. The van der Waals surface area contributed by atoms with Crippen molar-refractivity contribution >= 4 is 30.2 Å². The van der Waals surface area contributed by atoms with E-state index < -0.39 is 29.8 Å². The van der Waals surface area contributed by atoms with Gasteiger partial charge in [0.1, 0.15) is 6.04 Å². The highest BCUT2D eigenvalue weighted by Crippen LogP contribution is 2.14. The summed E-state index contributed by atoms with van der Waals surface area (Å²) in [5.74, 6) is -2.49. The Balaban J connectivity index is 2.16. The number of nitrogens with one attached hydrogen (secondary N) is 2. The summed E-state index contributed by atoms with van der Waals surface area (Å²) in [6.45, 7) is 2.33. The Bertz CT molecular complexity index is 708. The van der Waals surface area contributed by atoms with Crippen LogP contribution < -0.4 is 16.2 Å². The molecule has 10 heteroatoms.